The summed E-state index contributed by atoms with van der Waals surface area (Å²) < 4.78 is 36.3. The quantitative estimate of drug-likeness (QED) is 0.294. The minimum absolute atomic E-state index is 0.408. The van der Waals surface area contributed by atoms with E-state index in [9.17, 15) is 8.42 Å². The van der Waals surface area contributed by atoms with Crippen LogP contribution in [0.1, 0.15) is 5.56 Å². The normalized spacial score (nSPS) is 13.9. The first-order valence-electron chi connectivity index (χ1n) is 12.2. The van der Waals surface area contributed by atoms with Crippen molar-refractivity contribution in [1.29, 1.82) is 0 Å². The van der Waals surface area contributed by atoms with E-state index >= 15 is 0 Å². The number of aromatic amines is 1. The monoisotopic (exact) mass is 537 g/mol. The summed E-state index contributed by atoms with van der Waals surface area (Å²) in [5, 5.41) is 7.51. The third-order valence-electron chi connectivity index (χ3n) is 6.46. The number of methoxy groups -OCH3 is 1. The lowest BCUT2D eigenvalue weighted by Gasteiger charge is -2.29. The molecule has 2 aromatic heterocycles. The molecular formula is C26H31N7O4S. The molecule has 12 heteroatoms. The molecule has 1 aliphatic rings. The van der Waals surface area contributed by atoms with E-state index in [-0.39, 0.29) is 0 Å². The van der Waals surface area contributed by atoms with Crippen LogP contribution < -0.4 is 24.6 Å². The molecule has 38 heavy (non-hydrogen) atoms. The van der Waals surface area contributed by atoms with Crippen LogP contribution in [0.15, 0.2) is 54.7 Å². The van der Waals surface area contributed by atoms with Gasteiger partial charge in [-0.2, -0.15) is 9.97 Å². The second-order valence-electron chi connectivity index (χ2n) is 9.00. The number of anilines is 5. The zero-order valence-electron chi connectivity index (χ0n) is 21.6. The van der Waals surface area contributed by atoms with Gasteiger partial charge in [-0.25, -0.2) is 8.42 Å². The van der Waals surface area contributed by atoms with Gasteiger partial charge >= 0.3 is 0 Å². The number of nitrogens with zero attached hydrogens (tertiary/aromatic N) is 4. The van der Waals surface area contributed by atoms with Gasteiger partial charge in [0.2, 0.25) is 16.0 Å². The highest BCUT2D eigenvalue weighted by molar-refractivity contribution is 7.92. The zero-order valence-corrected chi connectivity index (χ0v) is 22.4. The number of fused-ring (bicyclic) bond motifs is 1. The standard InChI is InChI=1S/C26H31N7O4S/c1-32(38(3,34)35)19-6-4-5-18(15-19)17-28-25-21-9-10-27-24(21)30-26(31-25)29-22-8-7-20(16-23(22)36-2)33-11-13-37-14-12-33/h4-10,15-16H,11-14,17H2,1-3H3,(H3,27,28,29,30,31). The van der Waals surface area contributed by atoms with Gasteiger partial charge in [-0.3, -0.25) is 4.31 Å². The van der Waals surface area contributed by atoms with Gasteiger partial charge in [-0.1, -0.05) is 12.1 Å². The maximum atomic E-state index is 11.9. The molecule has 0 unspecified atom stereocenters. The van der Waals surface area contributed by atoms with Crippen molar-refractivity contribution in [1.82, 2.24) is 15.0 Å². The Labute approximate surface area is 221 Å². The molecule has 1 aliphatic heterocycles. The predicted octanol–water partition coefficient (Wildman–Crippen LogP) is 3.55. The largest absolute Gasteiger partial charge is 0.494 e. The molecule has 0 atom stereocenters. The number of morpholine rings is 1. The Morgan fingerprint density at radius 2 is 1.95 bits per heavy atom. The van der Waals surface area contributed by atoms with E-state index in [0.717, 1.165) is 35.4 Å². The third kappa shape index (κ3) is 5.60. The van der Waals surface area contributed by atoms with Crippen LogP contribution in [0.25, 0.3) is 11.0 Å². The number of rotatable bonds is 9. The molecule has 200 valence electrons. The number of hydrogen-bond acceptors (Lipinski definition) is 9. The summed E-state index contributed by atoms with van der Waals surface area (Å²) in [6.45, 7) is 3.54. The molecular weight excluding hydrogens is 506 g/mol. The second kappa shape index (κ2) is 10.8. The molecule has 1 fully saturated rings. The Kier molecular flexibility index (Phi) is 7.25. The average Bonchev–Trinajstić information content (AvgIpc) is 3.40. The van der Waals surface area contributed by atoms with Crippen molar-refractivity contribution in [3.63, 3.8) is 0 Å². The Morgan fingerprint density at radius 1 is 1.13 bits per heavy atom. The molecule has 1 saturated heterocycles. The fourth-order valence-electron chi connectivity index (χ4n) is 4.29. The van der Waals surface area contributed by atoms with Gasteiger partial charge in [0.05, 0.1) is 43.3 Å². The molecule has 3 N–H and O–H groups in total. The topological polar surface area (TPSA) is 125 Å². The molecule has 0 aliphatic carbocycles. The van der Waals surface area contributed by atoms with Crippen molar-refractivity contribution in [3.8, 4) is 5.75 Å². The minimum Gasteiger partial charge on any atom is -0.494 e. The van der Waals surface area contributed by atoms with E-state index < -0.39 is 10.0 Å². The van der Waals surface area contributed by atoms with E-state index in [1.54, 1.807) is 13.2 Å². The predicted molar refractivity (Wildman–Crippen MR) is 150 cm³/mol. The number of aromatic nitrogens is 3. The molecule has 0 bridgehead atoms. The fraction of sp³-hybridized carbons (Fsp3) is 0.308. The molecule has 3 heterocycles. The lowest BCUT2D eigenvalue weighted by molar-refractivity contribution is 0.122. The van der Waals surface area contributed by atoms with Crippen LogP contribution in [0.5, 0.6) is 5.75 Å². The van der Waals surface area contributed by atoms with Crippen LogP contribution in [0.4, 0.5) is 28.8 Å². The molecule has 0 amide bonds. The van der Waals surface area contributed by atoms with Crippen LogP contribution in [0.3, 0.4) is 0 Å². The third-order valence-corrected chi connectivity index (χ3v) is 7.66. The Hall–Kier alpha value is -4.03. The first-order chi connectivity index (χ1) is 18.3. The molecule has 0 saturated carbocycles. The van der Waals surface area contributed by atoms with E-state index in [4.69, 9.17) is 14.5 Å². The van der Waals surface area contributed by atoms with Crippen molar-refractivity contribution < 1.29 is 17.9 Å². The van der Waals surface area contributed by atoms with Gasteiger partial charge in [0.25, 0.3) is 0 Å². The molecule has 0 spiro atoms. The van der Waals surface area contributed by atoms with Crippen molar-refractivity contribution in [2.24, 2.45) is 0 Å². The van der Waals surface area contributed by atoms with Crippen molar-refractivity contribution in [3.05, 3.63) is 60.3 Å². The summed E-state index contributed by atoms with van der Waals surface area (Å²) in [7, 11) is -0.173. The zero-order chi connectivity index (χ0) is 26.7. The molecule has 2 aromatic carbocycles. The van der Waals surface area contributed by atoms with Crippen molar-refractivity contribution in [2.75, 3.05) is 66.6 Å². The first kappa shape index (κ1) is 25.6. The van der Waals surface area contributed by atoms with Crippen LogP contribution >= 0.6 is 0 Å². The van der Waals surface area contributed by atoms with Gasteiger partial charge in [-0.05, 0) is 35.9 Å². The Morgan fingerprint density at radius 3 is 2.71 bits per heavy atom. The number of ether oxygens (including phenoxy) is 2. The van der Waals surface area contributed by atoms with Crippen LogP contribution in [-0.2, 0) is 21.3 Å². The van der Waals surface area contributed by atoms with Gasteiger partial charge in [0.1, 0.15) is 17.2 Å². The highest BCUT2D eigenvalue weighted by Crippen LogP contribution is 2.33. The van der Waals surface area contributed by atoms with E-state index in [1.807, 2.05) is 48.7 Å². The maximum Gasteiger partial charge on any atom is 0.231 e. The minimum atomic E-state index is -3.35. The van der Waals surface area contributed by atoms with Crippen LogP contribution in [-0.4, -0.2) is 70.1 Å². The summed E-state index contributed by atoms with van der Waals surface area (Å²) in [4.78, 5) is 14.8. The highest BCUT2D eigenvalue weighted by atomic mass is 32.2. The van der Waals surface area contributed by atoms with E-state index in [0.29, 0.717) is 48.6 Å². The summed E-state index contributed by atoms with van der Waals surface area (Å²) in [5.41, 5.74) is 4.01. The SMILES string of the molecule is COc1cc(N2CCOCC2)ccc1Nc1nc(NCc2cccc(N(C)S(C)(=O)=O)c2)c2cc[nH]c2n1. The number of hydrogen-bond donors (Lipinski definition) is 3. The van der Waals surface area contributed by atoms with Gasteiger partial charge in [0.15, 0.2) is 0 Å². The van der Waals surface area contributed by atoms with Crippen LogP contribution in [0.2, 0.25) is 0 Å². The summed E-state index contributed by atoms with van der Waals surface area (Å²) in [6, 6.07) is 15.3. The lowest BCUT2D eigenvalue weighted by Crippen LogP contribution is -2.36. The molecule has 11 nitrogen and oxygen atoms in total. The van der Waals surface area contributed by atoms with Gasteiger partial charge < -0.3 is 30.0 Å². The lowest BCUT2D eigenvalue weighted by atomic mass is 10.2. The number of benzene rings is 2. The molecule has 0 radical (unpaired) electrons. The summed E-state index contributed by atoms with van der Waals surface area (Å²) in [5.74, 6) is 1.74. The fourth-order valence-corrected chi connectivity index (χ4v) is 4.79. The maximum absolute atomic E-state index is 11.9. The Bertz CT molecular complexity index is 1530. The average molecular weight is 538 g/mol. The number of nitrogens with one attached hydrogen (secondary N) is 3. The number of H-pyrrole nitrogens is 1. The Balaban J connectivity index is 1.37. The molecule has 5 rings (SSSR count). The van der Waals surface area contributed by atoms with Gasteiger partial charge in [0, 0.05) is 44.6 Å². The van der Waals surface area contributed by atoms with Crippen LogP contribution in [0, 0.1) is 0 Å². The van der Waals surface area contributed by atoms with Crippen molar-refractivity contribution in [2.45, 2.75) is 6.54 Å². The summed E-state index contributed by atoms with van der Waals surface area (Å²) >= 11 is 0. The smallest absolute Gasteiger partial charge is 0.231 e. The summed E-state index contributed by atoms with van der Waals surface area (Å²) in [6.07, 6.45) is 2.99. The van der Waals surface area contributed by atoms with Crippen molar-refractivity contribution >= 4 is 49.9 Å². The highest BCUT2D eigenvalue weighted by Gasteiger charge is 2.16. The number of sulfonamides is 1. The van der Waals surface area contributed by atoms with Gasteiger partial charge in [-0.15, -0.1) is 0 Å². The second-order valence-corrected chi connectivity index (χ2v) is 11.0. The first-order valence-corrected chi connectivity index (χ1v) is 14.1. The van der Waals surface area contributed by atoms with E-state index in [2.05, 4.69) is 25.5 Å². The molecule has 4 aromatic rings. The van der Waals surface area contributed by atoms with E-state index in [1.165, 1.54) is 17.6 Å².